The van der Waals surface area contributed by atoms with Crippen LogP contribution in [0.1, 0.15) is 27.3 Å². The number of carbonyl (C=O) groups excluding carboxylic acids is 1. The Kier molecular flexibility index (Phi) is 5.22. The molecule has 31 heavy (non-hydrogen) atoms. The first-order chi connectivity index (χ1) is 14.7. The third-order valence-electron chi connectivity index (χ3n) is 4.77. The van der Waals surface area contributed by atoms with Gasteiger partial charge in [-0.3, -0.25) is 4.79 Å². The lowest BCUT2D eigenvalue weighted by Crippen LogP contribution is -2.14. The quantitative estimate of drug-likeness (QED) is 0.640. The zero-order chi connectivity index (χ0) is 22.2. The summed E-state index contributed by atoms with van der Waals surface area (Å²) in [5.74, 6) is 0.769. The molecule has 4 rings (SSSR count). The molecule has 3 aromatic rings. The van der Waals surface area contributed by atoms with Gasteiger partial charge >= 0.3 is 6.18 Å². The molecule has 1 amide bonds. The minimum Gasteiger partial charge on any atom is -0.471 e. The van der Waals surface area contributed by atoms with E-state index in [-0.39, 0.29) is 25.2 Å². The third-order valence-corrected chi connectivity index (χ3v) is 4.77. The van der Waals surface area contributed by atoms with Gasteiger partial charge in [0.1, 0.15) is 5.75 Å². The molecule has 1 aliphatic rings. The van der Waals surface area contributed by atoms with Crippen LogP contribution in [0.4, 0.5) is 18.9 Å². The summed E-state index contributed by atoms with van der Waals surface area (Å²) in [6.07, 6.45) is -4.45. The third kappa shape index (κ3) is 4.27. The summed E-state index contributed by atoms with van der Waals surface area (Å²) >= 11 is 0. The second kappa shape index (κ2) is 7.86. The zero-order valence-electron chi connectivity index (χ0n) is 16.6. The summed E-state index contributed by atoms with van der Waals surface area (Å²) in [4.78, 5) is 12.7. The zero-order valence-corrected chi connectivity index (χ0v) is 16.6. The predicted octanol–water partition coefficient (Wildman–Crippen LogP) is 4.54. The second-order valence-electron chi connectivity index (χ2n) is 6.87. The molecule has 0 bridgehead atoms. The van der Waals surface area contributed by atoms with E-state index in [4.69, 9.17) is 14.2 Å². The highest BCUT2D eigenvalue weighted by Crippen LogP contribution is 2.33. The normalized spacial score (nSPS) is 12.7. The van der Waals surface area contributed by atoms with E-state index < -0.39 is 11.7 Å². The largest absolute Gasteiger partial charge is 0.471 e. The minimum absolute atomic E-state index is 0.0633. The number of benzene rings is 2. The van der Waals surface area contributed by atoms with Gasteiger partial charge in [-0.25, -0.2) is 4.68 Å². The van der Waals surface area contributed by atoms with Crippen molar-refractivity contribution in [1.82, 2.24) is 9.78 Å². The van der Waals surface area contributed by atoms with E-state index in [2.05, 4.69) is 10.4 Å². The number of anilines is 1. The number of hydrogen-bond acceptors (Lipinski definition) is 5. The van der Waals surface area contributed by atoms with Crippen LogP contribution < -0.4 is 19.5 Å². The molecule has 0 saturated carbocycles. The van der Waals surface area contributed by atoms with Crippen LogP contribution in [0.2, 0.25) is 0 Å². The maximum Gasteiger partial charge on any atom is 0.416 e. The second-order valence-corrected chi connectivity index (χ2v) is 6.87. The standard InChI is InChI=1S/C21H18F3N3O4/c1-12-19(25-20(28)14-6-7-17-18(8-14)31-11-30-17)13(2)27(26-12)10-29-16-5-3-4-15(9-16)21(22,23)24/h3-9H,10-11H2,1-2H3,(H,25,28). The molecular weight excluding hydrogens is 415 g/mol. The van der Waals surface area contributed by atoms with E-state index in [1.54, 1.807) is 32.0 Å². The van der Waals surface area contributed by atoms with Crippen molar-refractivity contribution in [3.8, 4) is 17.2 Å². The summed E-state index contributed by atoms with van der Waals surface area (Å²) < 4.78 is 56.0. The van der Waals surface area contributed by atoms with Crippen molar-refractivity contribution in [3.63, 3.8) is 0 Å². The van der Waals surface area contributed by atoms with Crippen molar-refractivity contribution in [2.75, 3.05) is 12.1 Å². The van der Waals surface area contributed by atoms with Gasteiger partial charge in [-0.05, 0) is 50.2 Å². The maximum atomic E-state index is 12.9. The molecule has 0 radical (unpaired) electrons. The van der Waals surface area contributed by atoms with Crippen LogP contribution in [-0.4, -0.2) is 22.5 Å². The highest BCUT2D eigenvalue weighted by molar-refractivity contribution is 6.05. The van der Waals surface area contributed by atoms with Gasteiger partial charge in [0.05, 0.1) is 22.6 Å². The van der Waals surface area contributed by atoms with Gasteiger partial charge in [0, 0.05) is 5.56 Å². The summed E-state index contributed by atoms with van der Waals surface area (Å²) in [6.45, 7) is 3.43. The molecule has 0 fully saturated rings. The molecule has 0 saturated heterocycles. The van der Waals surface area contributed by atoms with Gasteiger partial charge in [0.15, 0.2) is 18.2 Å². The van der Waals surface area contributed by atoms with E-state index in [1.165, 1.54) is 16.8 Å². The first-order valence-electron chi connectivity index (χ1n) is 9.27. The lowest BCUT2D eigenvalue weighted by atomic mass is 10.2. The van der Waals surface area contributed by atoms with E-state index in [0.29, 0.717) is 34.1 Å². The molecule has 7 nitrogen and oxygen atoms in total. The van der Waals surface area contributed by atoms with Crippen LogP contribution >= 0.6 is 0 Å². The number of rotatable bonds is 5. The number of halogens is 3. The summed E-state index contributed by atoms with van der Waals surface area (Å²) in [6, 6.07) is 9.47. The monoisotopic (exact) mass is 433 g/mol. The first kappa shape index (κ1) is 20.6. The summed E-state index contributed by atoms with van der Waals surface area (Å²) in [5, 5.41) is 7.12. The van der Waals surface area contributed by atoms with Crippen molar-refractivity contribution in [2.45, 2.75) is 26.8 Å². The SMILES string of the molecule is Cc1nn(COc2cccc(C(F)(F)F)c2)c(C)c1NC(=O)c1ccc2c(c1)OCO2. The van der Waals surface area contributed by atoms with Crippen molar-refractivity contribution < 1.29 is 32.2 Å². The fourth-order valence-corrected chi connectivity index (χ4v) is 3.12. The Morgan fingerprint density at radius 2 is 1.94 bits per heavy atom. The van der Waals surface area contributed by atoms with Gasteiger partial charge < -0.3 is 19.5 Å². The topological polar surface area (TPSA) is 74.6 Å². The molecule has 162 valence electrons. The molecule has 0 unspecified atom stereocenters. The summed E-state index contributed by atoms with van der Waals surface area (Å²) in [7, 11) is 0. The van der Waals surface area contributed by atoms with Crippen LogP contribution in [-0.2, 0) is 12.9 Å². The number of hydrogen-bond donors (Lipinski definition) is 1. The Bertz CT molecular complexity index is 1140. The number of aromatic nitrogens is 2. The fraction of sp³-hybridized carbons (Fsp3) is 0.238. The Hall–Kier alpha value is -3.69. The predicted molar refractivity (Wildman–Crippen MR) is 104 cm³/mol. The van der Waals surface area contributed by atoms with Crippen molar-refractivity contribution in [1.29, 1.82) is 0 Å². The highest BCUT2D eigenvalue weighted by atomic mass is 19.4. The Balaban J connectivity index is 1.47. The van der Waals surface area contributed by atoms with Crippen molar-refractivity contribution >= 4 is 11.6 Å². The Morgan fingerprint density at radius 1 is 1.16 bits per heavy atom. The van der Waals surface area contributed by atoms with E-state index >= 15 is 0 Å². The van der Waals surface area contributed by atoms with Crippen molar-refractivity contribution in [3.05, 3.63) is 65.0 Å². The van der Waals surface area contributed by atoms with Crippen LogP contribution in [0.15, 0.2) is 42.5 Å². The molecule has 0 spiro atoms. The van der Waals surface area contributed by atoms with Crippen LogP contribution in [0.25, 0.3) is 0 Å². The molecule has 1 N–H and O–H groups in total. The molecule has 10 heteroatoms. The number of amides is 1. The lowest BCUT2D eigenvalue weighted by Gasteiger charge is -2.11. The smallest absolute Gasteiger partial charge is 0.416 e. The Labute approximate surface area is 175 Å². The van der Waals surface area contributed by atoms with E-state index in [1.807, 2.05) is 0 Å². The van der Waals surface area contributed by atoms with Crippen molar-refractivity contribution in [2.24, 2.45) is 0 Å². The molecular formula is C21H18F3N3O4. The van der Waals surface area contributed by atoms with E-state index in [9.17, 15) is 18.0 Å². The molecule has 1 aromatic heterocycles. The van der Waals surface area contributed by atoms with Gasteiger partial charge in [0.2, 0.25) is 6.79 Å². The first-order valence-corrected chi connectivity index (χ1v) is 9.27. The minimum atomic E-state index is -4.45. The van der Waals surface area contributed by atoms with Gasteiger partial charge in [0.25, 0.3) is 5.91 Å². The van der Waals surface area contributed by atoms with Gasteiger partial charge in [-0.1, -0.05) is 6.07 Å². The molecule has 2 heterocycles. The van der Waals surface area contributed by atoms with Gasteiger partial charge in [-0.15, -0.1) is 0 Å². The fourth-order valence-electron chi connectivity index (χ4n) is 3.12. The molecule has 0 atom stereocenters. The average Bonchev–Trinajstić information content (AvgIpc) is 3.31. The summed E-state index contributed by atoms with van der Waals surface area (Å²) in [5.41, 5.74) is 1.22. The van der Waals surface area contributed by atoms with E-state index in [0.717, 1.165) is 12.1 Å². The number of aryl methyl sites for hydroxylation is 1. The molecule has 2 aromatic carbocycles. The number of nitrogens with one attached hydrogen (secondary N) is 1. The van der Waals surface area contributed by atoms with Crippen LogP contribution in [0, 0.1) is 13.8 Å². The van der Waals surface area contributed by atoms with Gasteiger partial charge in [-0.2, -0.15) is 18.3 Å². The van der Waals surface area contributed by atoms with Crippen LogP contribution in [0.3, 0.4) is 0 Å². The number of ether oxygens (including phenoxy) is 3. The number of nitrogens with zero attached hydrogens (tertiary/aromatic N) is 2. The molecule has 0 aliphatic carbocycles. The number of carbonyl (C=O) groups is 1. The maximum absolute atomic E-state index is 12.9. The highest BCUT2D eigenvalue weighted by Gasteiger charge is 2.30. The van der Waals surface area contributed by atoms with Crippen LogP contribution in [0.5, 0.6) is 17.2 Å². The lowest BCUT2D eigenvalue weighted by molar-refractivity contribution is -0.137. The average molecular weight is 433 g/mol. The Morgan fingerprint density at radius 3 is 2.71 bits per heavy atom. The number of alkyl halides is 3. The molecule has 1 aliphatic heterocycles. The number of fused-ring (bicyclic) bond motifs is 1.